The zero-order chi connectivity index (χ0) is 16.1. The lowest BCUT2D eigenvalue weighted by atomic mass is 9.93. The molecule has 1 aliphatic heterocycles. The molecule has 1 aromatic rings. The van der Waals surface area contributed by atoms with Crippen molar-refractivity contribution in [2.24, 2.45) is 5.92 Å². The molecule has 0 spiro atoms. The van der Waals surface area contributed by atoms with Gasteiger partial charge in [-0.1, -0.05) is 13.8 Å². The maximum atomic E-state index is 9.87. The van der Waals surface area contributed by atoms with Gasteiger partial charge >= 0.3 is 0 Å². The number of nitrogens with zero attached hydrogens (tertiary/aromatic N) is 1. The van der Waals surface area contributed by atoms with Crippen molar-refractivity contribution in [3.05, 3.63) is 17.7 Å². The third-order valence-electron chi connectivity index (χ3n) is 4.15. The lowest BCUT2D eigenvalue weighted by molar-refractivity contribution is 0.148. The smallest absolute Gasteiger partial charge is 0.131 e. The summed E-state index contributed by atoms with van der Waals surface area (Å²) in [7, 11) is 3.28. The van der Waals surface area contributed by atoms with Crippen LogP contribution in [0.2, 0.25) is 0 Å². The second kappa shape index (κ2) is 7.70. The highest BCUT2D eigenvalue weighted by Gasteiger charge is 2.29. The van der Waals surface area contributed by atoms with E-state index in [4.69, 9.17) is 9.47 Å². The number of piperazine rings is 1. The summed E-state index contributed by atoms with van der Waals surface area (Å²) in [4.78, 5) is 2.48. The van der Waals surface area contributed by atoms with Gasteiger partial charge in [0.25, 0.3) is 0 Å². The zero-order valence-electron chi connectivity index (χ0n) is 14.1. The minimum Gasteiger partial charge on any atom is -0.508 e. The van der Waals surface area contributed by atoms with E-state index in [1.807, 2.05) is 0 Å². The molecule has 0 bridgehead atoms. The molecule has 1 aromatic carbocycles. The normalized spacial score (nSPS) is 17.5. The Balaban J connectivity index is 2.45. The van der Waals surface area contributed by atoms with Gasteiger partial charge in [0, 0.05) is 44.4 Å². The lowest BCUT2D eigenvalue weighted by Gasteiger charge is -2.37. The molecule has 0 unspecified atom stereocenters. The van der Waals surface area contributed by atoms with E-state index in [-0.39, 0.29) is 11.8 Å². The number of benzene rings is 1. The number of hydrogen-bond acceptors (Lipinski definition) is 5. The van der Waals surface area contributed by atoms with Crippen LogP contribution < -0.4 is 14.8 Å². The van der Waals surface area contributed by atoms with Crippen molar-refractivity contribution in [2.45, 2.75) is 26.3 Å². The third kappa shape index (κ3) is 3.84. The van der Waals surface area contributed by atoms with Gasteiger partial charge in [-0.15, -0.1) is 0 Å². The summed E-state index contributed by atoms with van der Waals surface area (Å²) in [6.45, 7) is 8.47. The average molecular weight is 308 g/mol. The van der Waals surface area contributed by atoms with E-state index in [1.54, 1.807) is 26.4 Å². The van der Waals surface area contributed by atoms with Gasteiger partial charge in [0.05, 0.1) is 19.8 Å². The van der Waals surface area contributed by atoms with Gasteiger partial charge in [-0.3, -0.25) is 4.90 Å². The van der Waals surface area contributed by atoms with Crippen LogP contribution in [0, 0.1) is 5.92 Å². The molecule has 5 heteroatoms. The largest absolute Gasteiger partial charge is 0.508 e. The molecule has 0 saturated carbocycles. The molecule has 1 heterocycles. The molecule has 0 aliphatic carbocycles. The first-order valence-corrected chi connectivity index (χ1v) is 7.96. The van der Waals surface area contributed by atoms with Crippen molar-refractivity contribution in [2.75, 3.05) is 40.4 Å². The first-order valence-electron chi connectivity index (χ1n) is 7.96. The molecule has 0 aromatic heterocycles. The van der Waals surface area contributed by atoms with E-state index >= 15 is 0 Å². The standard InChI is InChI=1S/C17H28N2O3/c1-12(2)9-14(19-7-5-18-6-8-19)17-15(21-3)10-13(20)11-16(17)22-4/h10-12,14,18,20H,5-9H2,1-4H3/t14-/m1/s1. The molecular formula is C17H28N2O3. The molecule has 0 amide bonds. The summed E-state index contributed by atoms with van der Waals surface area (Å²) in [5.74, 6) is 2.12. The van der Waals surface area contributed by atoms with E-state index in [1.165, 1.54) is 0 Å². The molecule has 1 fully saturated rings. The fourth-order valence-corrected chi connectivity index (χ4v) is 3.14. The van der Waals surface area contributed by atoms with E-state index in [9.17, 15) is 5.11 Å². The van der Waals surface area contributed by atoms with E-state index < -0.39 is 0 Å². The number of nitrogens with one attached hydrogen (secondary N) is 1. The Morgan fingerprint density at radius 1 is 1.14 bits per heavy atom. The fraction of sp³-hybridized carbons (Fsp3) is 0.647. The summed E-state index contributed by atoms with van der Waals surface area (Å²) in [5, 5.41) is 13.3. The van der Waals surface area contributed by atoms with Gasteiger partial charge in [0.15, 0.2) is 0 Å². The van der Waals surface area contributed by atoms with Gasteiger partial charge in [-0.05, 0) is 12.3 Å². The van der Waals surface area contributed by atoms with Gasteiger partial charge < -0.3 is 19.9 Å². The van der Waals surface area contributed by atoms with Crippen LogP contribution in [0.25, 0.3) is 0 Å². The van der Waals surface area contributed by atoms with Crippen molar-refractivity contribution in [1.29, 1.82) is 0 Å². The minimum atomic E-state index is 0.168. The van der Waals surface area contributed by atoms with Crippen LogP contribution in [0.5, 0.6) is 17.2 Å². The molecule has 0 radical (unpaired) electrons. The van der Waals surface area contributed by atoms with Gasteiger partial charge in [-0.25, -0.2) is 0 Å². The minimum absolute atomic E-state index is 0.168. The summed E-state index contributed by atoms with van der Waals surface area (Å²) in [6, 6.07) is 3.58. The van der Waals surface area contributed by atoms with Crippen LogP contribution in [0.3, 0.4) is 0 Å². The number of hydrogen-bond donors (Lipinski definition) is 2. The van der Waals surface area contributed by atoms with E-state index in [2.05, 4.69) is 24.1 Å². The van der Waals surface area contributed by atoms with Crippen molar-refractivity contribution >= 4 is 0 Å². The summed E-state index contributed by atoms with van der Waals surface area (Å²) in [6.07, 6.45) is 1.03. The molecule has 1 atom stereocenters. The second-order valence-electron chi connectivity index (χ2n) is 6.20. The van der Waals surface area contributed by atoms with Crippen LogP contribution in [-0.2, 0) is 0 Å². The molecule has 2 N–H and O–H groups in total. The van der Waals surface area contributed by atoms with Crippen LogP contribution in [0.4, 0.5) is 0 Å². The first-order chi connectivity index (χ1) is 10.6. The van der Waals surface area contributed by atoms with E-state index in [0.717, 1.165) is 38.2 Å². The monoisotopic (exact) mass is 308 g/mol. The highest BCUT2D eigenvalue weighted by Crippen LogP contribution is 2.42. The predicted molar refractivity (Wildman–Crippen MR) is 87.8 cm³/mol. The number of rotatable bonds is 6. The highest BCUT2D eigenvalue weighted by molar-refractivity contribution is 5.52. The summed E-state index contributed by atoms with van der Waals surface area (Å²) in [5.41, 5.74) is 1.04. The third-order valence-corrected chi connectivity index (χ3v) is 4.15. The Kier molecular flexibility index (Phi) is 5.91. The quantitative estimate of drug-likeness (QED) is 0.845. The number of phenolic OH excluding ortho intramolecular Hbond substituents is 1. The molecule has 5 nitrogen and oxygen atoms in total. The number of phenols is 1. The van der Waals surface area contributed by atoms with Crippen LogP contribution in [-0.4, -0.2) is 50.4 Å². The van der Waals surface area contributed by atoms with Gasteiger partial charge in [-0.2, -0.15) is 0 Å². The van der Waals surface area contributed by atoms with Gasteiger partial charge in [0.2, 0.25) is 0 Å². The molecule has 124 valence electrons. The maximum Gasteiger partial charge on any atom is 0.131 e. The Morgan fingerprint density at radius 3 is 2.14 bits per heavy atom. The van der Waals surface area contributed by atoms with Crippen molar-refractivity contribution < 1.29 is 14.6 Å². The summed E-state index contributed by atoms with van der Waals surface area (Å²) >= 11 is 0. The van der Waals surface area contributed by atoms with Crippen LogP contribution >= 0.6 is 0 Å². The molecule has 22 heavy (non-hydrogen) atoms. The second-order valence-corrected chi connectivity index (χ2v) is 6.20. The van der Waals surface area contributed by atoms with Crippen LogP contribution in [0.1, 0.15) is 31.9 Å². The summed E-state index contributed by atoms with van der Waals surface area (Å²) < 4.78 is 11.1. The van der Waals surface area contributed by atoms with Crippen molar-refractivity contribution in [1.82, 2.24) is 10.2 Å². The molecule has 2 rings (SSSR count). The lowest BCUT2D eigenvalue weighted by Crippen LogP contribution is -2.45. The Labute approximate surface area is 133 Å². The maximum absolute atomic E-state index is 9.87. The number of aromatic hydroxyl groups is 1. The fourth-order valence-electron chi connectivity index (χ4n) is 3.14. The number of ether oxygens (including phenoxy) is 2. The number of methoxy groups -OCH3 is 2. The van der Waals surface area contributed by atoms with Crippen molar-refractivity contribution in [3.63, 3.8) is 0 Å². The first kappa shape index (κ1) is 16.9. The molecular weight excluding hydrogens is 280 g/mol. The van der Waals surface area contributed by atoms with Gasteiger partial charge in [0.1, 0.15) is 17.2 Å². The van der Waals surface area contributed by atoms with Crippen LogP contribution in [0.15, 0.2) is 12.1 Å². The Hall–Kier alpha value is -1.46. The van der Waals surface area contributed by atoms with Crippen molar-refractivity contribution in [3.8, 4) is 17.2 Å². The zero-order valence-corrected chi connectivity index (χ0v) is 14.1. The predicted octanol–water partition coefficient (Wildman–Crippen LogP) is 2.40. The van der Waals surface area contributed by atoms with E-state index in [0.29, 0.717) is 17.4 Å². The highest BCUT2D eigenvalue weighted by atomic mass is 16.5. The Bertz CT molecular complexity index is 460. The average Bonchev–Trinajstić information content (AvgIpc) is 2.52. The topological polar surface area (TPSA) is 54.0 Å². The molecule has 1 saturated heterocycles. The SMILES string of the molecule is COc1cc(O)cc(OC)c1[C@@H](CC(C)C)N1CCNCC1. The Morgan fingerprint density at radius 2 is 1.68 bits per heavy atom. The molecule has 1 aliphatic rings.